The van der Waals surface area contributed by atoms with Crippen molar-refractivity contribution in [2.24, 2.45) is 0 Å². The van der Waals surface area contributed by atoms with Gasteiger partial charge in [-0.05, 0) is 38.3 Å². The molecular formula is C17H24N2O2S. The first kappa shape index (κ1) is 16.9. The number of amides is 3. The fraction of sp³-hybridized carbons (Fsp3) is 0.529. The Labute approximate surface area is 136 Å². The van der Waals surface area contributed by atoms with Crippen LogP contribution in [0, 0.1) is 13.8 Å². The minimum absolute atomic E-state index is 0.216. The average Bonchev–Trinajstić information content (AvgIpc) is 2.49. The molecule has 0 heterocycles. The topological polar surface area (TPSA) is 58.2 Å². The lowest BCUT2D eigenvalue weighted by molar-refractivity contribution is -0.117. The number of thioether (sulfide) groups is 1. The van der Waals surface area contributed by atoms with Gasteiger partial charge < -0.3 is 5.32 Å². The number of benzene rings is 1. The van der Waals surface area contributed by atoms with Gasteiger partial charge >= 0.3 is 6.03 Å². The van der Waals surface area contributed by atoms with E-state index in [9.17, 15) is 9.59 Å². The third-order valence-corrected chi connectivity index (χ3v) is 5.05. The molecular weight excluding hydrogens is 296 g/mol. The van der Waals surface area contributed by atoms with Crippen LogP contribution in [0.25, 0.3) is 0 Å². The van der Waals surface area contributed by atoms with Gasteiger partial charge in [0.2, 0.25) is 5.91 Å². The van der Waals surface area contributed by atoms with E-state index in [4.69, 9.17) is 0 Å². The molecule has 1 aromatic rings. The average molecular weight is 320 g/mol. The first-order valence-electron chi connectivity index (χ1n) is 7.85. The second-order valence-corrected chi connectivity index (χ2v) is 6.93. The summed E-state index contributed by atoms with van der Waals surface area (Å²) in [5.41, 5.74) is 2.32. The van der Waals surface area contributed by atoms with Crippen LogP contribution < -0.4 is 10.6 Å². The Bertz CT molecular complexity index is 539. The van der Waals surface area contributed by atoms with Gasteiger partial charge in [-0.2, -0.15) is 0 Å². The van der Waals surface area contributed by atoms with E-state index in [1.54, 1.807) is 0 Å². The van der Waals surface area contributed by atoms with Crippen LogP contribution in [0.3, 0.4) is 0 Å². The van der Waals surface area contributed by atoms with Crippen LogP contribution in [-0.2, 0) is 4.79 Å². The molecule has 0 aliphatic heterocycles. The van der Waals surface area contributed by atoms with E-state index in [1.807, 2.05) is 19.9 Å². The predicted molar refractivity (Wildman–Crippen MR) is 90.2 cm³/mol. The number of nitrogens with one attached hydrogen (secondary N) is 2. The molecule has 0 atom stereocenters. The van der Waals surface area contributed by atoms with Gasteiger partial charge in [-0.1, -0.05) is 37.0 Å². The van der Waals surface area contributed by atoms with Crippen molar-refractivity contribution in [1.82, 2.24) is 10.6 Å². The van der Waals surface area contributed by atoms with Gasteiger partial charge in [-0.3, -0.25) is 10.1 Å². The molecule has 5 heteroatoms. The van der Waals surface area contributed by atoms with Crippen LogP contribution in [0.15, 0.2) is 23.1 Å². The summed E-state index contributed by atoms with van der Waals surface area (Å²) in [6.45, 7) is 4.05. The zero-order valence-corrected chi connectivity index (χ0v) is 14.1. The van der Waals surface area contributed by atoms with Crippen molar-refractivity contribution in [2.75, 3.05) is 5.75 Å². The Kier molecular flexibility index (Phi) is 6.31. The molecule has 0 radical (unpaired) electrons. The highest BCUT2D eigenvalue weighted by Gasteiger charge is 2.17. The van der Waals surface area contributed by atoms with Gasteiger partial charge in [0.25, 0.3) is 0 Å². The molecule has 1 aliphatic rings. The van der Waals surface area contributed by atoms with Crippen molar-refractivity contribution >= 4 is 23.7 Å². The molecule has 22 heavy (non-hydrogen) atoms. The summed E-state index contributed by atoms with van der Waals surface area (Å²) in [4.78, 5) is 24.8. The van der Waals surface area contributed by atoms with E-state index in [0.717, 1.165) is 36.1 Å². The molecule has 1 fully saturated rings. The third kappa shape index (κ3) is 5.37. The smallest absolute Gasteiger partial charge is 0.321 e. The van der Waals surface area contributed by atoms with Crippen LogP contribution in [0.2, 0.25) is 0 Å². The predicted octanol–water partition coefficient (Wildman–Crippen LogP) is 3.55. The normalized spacial score (nSPS) is 15.4. The highest BCUT2D eigenvalue weighted by Crippen LogP contribution is 2.23. The Morgan fingerprint density at radius 2 is 1.91 bits per heavy atom. The summed E-state index contributed by atoms with van der Waals surface area (Å²) in [5.74, 6) is 0.00163. The molecule has 2 N–H and O–H groups in total. The summed E-state index contributed by atoms with van der Waals surface area (Å²) in [7, 11) is 0. The molecule has 0 aromatic heterocycles. The quantitative estimate of drug-likeness (QED) is 0.834. The maximum Gasteiger partial charge on any atom is 0.321 e. The molecule has 0 spiro atoms. The minimum Gasteiger partial charge on any atom is -0.335 e. The standard InChI is InChI=1S/C17H24N2O2S/c1-12-8-9-13(2)15(10-12)22-11-16(20)19-17(21)18-14-6-4-3-5-7-14/h8-10,14H,3-7,11H2,1-2H3,(H2,18,19,20,21). The second kappa shape index (κ2) is 8.22. The van der Waals surface area contributed by atoms with E-state index >= 15 is 0 Å². The van der Waals surface area contributed by atoms with Crippen LogP contribution in [-0.4, -0.2) is 23.7 Å². The summed E-state index contributed by atoms with van der Waals surface area (Å²) in [6, 6.07) is 6.02. The zero-order chi connectivity index (χ0) is 15.9. The second-order valence-electron chi connectivity index (χ2n) is 5.91. The summed E-state index contributed by atoms with van der Waals surface area (Å²) < 4.78 is 0. The van der Waals surface area contributed by atoms with Crippen molar-refractivity contribution in [2.45, 2.75) is 56.9 Å². The minimum atomic E-state index is -0.363. The molecule has 0 bridgehead atoms. The molecule has 1 aliphatic carbocycles. The first-order valence-corrected chi connectivity index (χ1v) is 8.83. The number of rotatable bonds is 4. The van der Waals surface area contributed by atoms with Gasteiger partial charge in [-0.25, -0.2) is 4.79 Å². The summed E-state index contributed by atoms with van der Waals surface area (Å²) in [5, 5.41) is 5.31. The molecule has 2 rings (SSSR count). The lowest BCUT2D eigenvalue weighted by Gasteiger charge is -2.22. The van der Waals surface area contributed by atoms with Crippen molar-refractivity contribution < 1.29 is 9.59 Å². The maximum atomic E-state index is 11.9. The molecule has 1 saturated carbocycles. The molecule has 4 nitrogen and oxygen atoms in total. The zero-order valence-electron chi connectivity index (χ0n) is 13.3. The van der Waals surface area contributed by atoms with Gasteiger partial charge in [0.15, 0.2) is 0 Å². The fourth-order valence-corrected chi connectivity index (χ4v) is 3.56. The highest BCUT2D eigenvalue weighted by atomic mass is 32.2. The number of carbonyl (C=O) groups is 2. The molecule has 3 amide bonds. The Balaban J connectivity index is 1.75. The van der Waals surface area contributed by atoms with Crippen molar-refractivity contribution in [1.29, 1.82) is 0 Å². The Morgan fingerprint density at radius 1 is 1.18 bits per heavy atom. The molecule has 120 valence electrons. The van der Waals surface area contributed by atoms with Gasteiger partial charge in [0.1, 0.15) is 0 Å². The molecule has 0 saturated heterocycles. The van der Waals surface area contributed by atoms with Crippen LogP contribution in [0.4, 0.5) is 4.79 Å². The summed E-state index contributed by atoms with van der Waals surface area (Å²) >= 11 is 1.47. The number of aryl methyl sites for hydroxylation is 2. The fourth-order valence-electron chi connectivity index (χ4n) is 2.64. The van der Waals surface area contributed by atoms with E-state index in [2.05, 4.69) is 22.8 Å². The van der Waals surface area contributed by atoms with Crippen LogP contribution in [0.1, 0.15) is 43.2 Å². The van der Waals surface area contributed by atoms with Crippen LogP contribution >= 0.6 is 11.8 Å². The molecule has 1 aromatic carbocycles. The number of carbonyl (C=O) groups excluding carboxylic acids is 2. The molecule has 0 unspecified atom stereocenters. The first-order chi connectivity index (χ1) is 10.5. The SMILES string of the molecule is Cc1ccc(C)c(SCC(=O)NC(=O)NC2CCCCC2)c1. The van der Waals surface area contributed by atoms with Crippen molar-refractivity contribution in [3.8, 4) is 0 Å². The number of urea groups is 1. The lowest BCUT2D eigenvalue weighted by Crippen LogP contribution is -2.45. The van der Waals surface area contributed by atoms with E-state index in [1.165, 1.54) is 23.7 Å². The maximum absolute atomic E-state index is 11.9. The highest BCUT2D eigenvalue weighted by molar-refractivity contribution is 8.00. The Hall–Kier alpha value is -1.49. The Morgan fingerprint density at radius 3 is 2.64 bits per heavy atom. The third-order valence-electron chi connectivity index (χ3n) is 3.90. The lowest BCUT2D eigenvalue weighted by atomic mass is 9.96. The monoisotopic (exact) mass is 320 g/mol. The van der Waals surface area contributed by atoms with Gasteiger partial charge in [0, 0.05) is 10.9 Å². The van der Waals surface area contributed by atoms with Gasteiger partial charge in [0.05, 0.1) is 5.75 Å². The van der Waals surface area contributed by atoms with E-state index in [0.29, 0.717) is 0 Å². The van der Waals surface area contributed by atoms with E-state index < -0.39 is 0 Å². The number of hydrogen-bond donors (Lipinski definition) is 2. The number of imide groups is 1. The number of hydrogen-bond acceptors (Lipinski definition) is 3. The largest absolute Gasteiger partial charge is 0.335 e. The van der Waals surface area contributed by atoms with E-state index in [-0.39, 0.29) is 23.7 Å². The van der Waals surface area contributed by atoms with Crippen molar-refractivity contribution in [3.63, 3.8) is 0 Å². The van der Waals surface area contributed by atoms with Crippen LogP contribution in [0.5, 0.6) is 0 Å². The van der Waals surface area contributed by atoms with Crippen molar-refractivity contribution in [3.05, 3.63) is 29.3 Å². The summed E-state index contributed by atoms with van der Waals surface area (Å²) in [6.07, 6.45) is 5.58. The van der Waals surface area contributed by atoms with Gasteiger partial charge in [-0.15, -0.1) is 11.8 Å².